The zero-order chi connectivity index (χ0) is 27.4. The van der Waals surface area contributed by atoms with Crippen LogP contribution in [0, 0.1) is 11.8 Å². The quantitative estimate of drug-likeness (QED) is 0.460. The topological polar surface area (TPSA) is 117 Å². The monoisotopic (exact) mass is 529 g/mol. The molecule has 2 aromatic carbocycles. The van der Waals surface area contributed by atoms with Crippen molar-refractivity contribution >= 4 is 34.8 Å². The highest BCUT2D eigenvalue weighted by molar-refractivity contribution is 6.22. The van der Waals surface area contributed by atoms with E-state index in [4.69, 9.17) is 5.73 Å². The van der Waals surface area contributed by atoms with Gasteiger partial charge >= 0.3 is 6.18 Å². The summed E-state index contributed by atoms with van der Waals surface area (Å²) in [4.78, 5) is 45.5. The molecule has 4 rings (SSSR count). The summed E-state index contributed by atoms with van der Waals surface area (Å²) in [7, 11) is 0. The Balaban J connectivity index is 1.74. The molecule has 38 heavy (non-hydrogen) atoms. The molecule has 4 N–H and O–H groups in total. The molecule has 11 heteroatoms. The number of anilines is 2. The van der Waals surface area contributed by atoms with E-state index in [-0.39, 0.29) is 6.42 Å². The Labute approximate surface area is 218 Å². The second kappa shape index (κ2) is 11.2. The fraction of sp³-hybridized carbons (Fsp3) is 0.407. The van der Waals surface area contributed by atoms with Gasteiger partial charge in [0.25, 0.3) is 5.91 Å². The number of amides is 3. The summed E-state index contributed by atoms with van der Waals surface area (Å²) >= 11 is 0. The molecule has 202 valence electrons. The molecule has 0 aromatic heterocycles. The standard InChI is InChI=1S/C27H30F3N5O3/c1-2-7-17(23(31)36)18(12-13-27(28,29)30)25(37)34-24-26(38)35-15-14-32-20-11-6-10-19(22(20)35)21(33-24)16-8-4-3-5-9-16/h3-6,8-11,17-18,24,32H,2,7,12-15H2,1H3,(H2,31,36)(H,34,37). The van der Waals surface area contributed by atoms with E-state index in [1.807, 2.05) is 48.5 Å². The summed E-state index contributed by atoms with van der Waals surface area (Å²) in [6.45, 7) is 2.53. The van der Waals surface area contributed by atoms with Crippen molar-refractivity contribution in [2.75, 3.05) is 23.3 Å². The smallest absolute Gasteiger partial charge is 0.382 e. The lowest BCUT2D eigenvalue weighted by molar-refractivity contribution is -0.146. The SMILES string of the molecule is CCCC(C(N)=O)C(CCC(F)(F)F)C(=O)NC1N=C(c2ccccc2)c2cccc3c2N(CCN3)C1=O. The van der Waals surface area contributed by atoms with Crippen molar-refractivity contribution in [3.05, 3.63) is 59.7 Å². The molecule has 0 bridgehead atoms. The van der Waals surface area contributed by atoms with Crippen molar-refractivity contribution in [2.45, 2.75) is 44.9 Å². The molecule has 0 aliphatic carbocycles. The van der Waals surface area contributed by atoms with Gasteiger partial charge < -0.3 is 21.3 Å². The Bertz CT molecular complexity index is 1230. The lowest BCUT2D eigenvalue weighted by Gasteiger charge is -2.32. The third-order valence-corrected chi connectivity index (χ3v) is 6.82. The van der Waals surface area contributed by atoms with Crippen LogP contribution in [0.25, 0.3) is 0 Å². The molecule has 8 nitrogen and oxygen atoms in total. The molecular formula is C27H30F3N5O3. The predicted octanol–water partition coefficient (Wildman–Crippen LogP) is 3.60. The van der Waals surface area contributed by atoms with E-state index in [1.54, 1.807) is 6.92 Å². The largest absolute Gasteiger partial charge is 0.389 e. The highest BCUT2D eigenvalue weighted by atomic mass is 19.4. The number of aliphatic imine (C=N–C) groups is 1. The number of nitrogens with two attached hydrogens (primary N) is 1. The lowest BCUT2D eigenvalue weighted by atomic mass is 9.83. The minimum absolute atomic E-state index is 0.148. The van der Waals surface area contributed by atoms with Crippen LogP contribution in [-0.2, 0) is 14.4 Å². The van der Waals surface area contributed by atoms with Crippen molar-refractivity contribution in [2.24, 2.45) is 22.6 Å². The first kappa shape index (κ1) is 27.2. The minimum atomic E-state index is -4.53. The second-order valence-electron chi connectivity index (χ2n) is 9.43. The van der Waals surface area contributed by atoms with Gasteiger partial charge in [-0.2, -0.15) is 13.2 Å². The number of benzene rings is 2. The second-order valence-corrected chi connectivity index (χ2v) is 9.43. The number of nitrogens with one attached hydrogen (secondary N) is 2. The average molecular weight is 530 g/mol. The number of para-hydroxylation sites is 1. The van der Waals surface area contributed by atoms with E-state index in [9.17, 15) is 27.6 Å². The van der Waals surface area contributed by atoms with Crippen LogP contribution in [0.1, 0.15) is 43.7 Å². The zero-order valence-corrected chi connectivity index (χ0v) is 20.9. The van der Waals surface area contributed by atoms with Crippen molar-refractivity contribution < 1.29 is 27.6 Å². The summed E-state index contributed by atoms with van der Waals surface area (Å²) < 4.78 is 39.3. The zero-order valence-electron chi connectivity index (χ0n) is 20.9. The van der Waals surface area contributed by atoms with Crippen LogP contribution in [0.5, 0.6) is 0 Å². The number of halogens is 3. The molecule has 3 unspecified atom stereocenters. The minimum Gasteiger partial charge on any atom is -0.382 e. The number of hydrogen-bond donors (Lipinski definition) is 3. The molecule has 3 atom stereocenters. The molecule has 2 heterocycles. The number of hydrogen-bond acceptors (Lipinski definition) is 5. The first-order valence-corrected chi connectivity index (χ1v) is 12.6. The maximum atomic E-state index is 13.7. The normalized spacial score (nSPS) is 18.4. The number of nitrogens with zero attached hydrogens (tertiary/aromatic N) is 2. The Morgan fingerprint density at radius 3 is 2.53 bits per heavy atom. The third-order valence-electron chi connectivity index (χ3n) is 6.82. The van der Waals surface area contributed by atoms with Gasteiger partial charge in [0.1, 0.15) is 0 Å². The molecule has 2 aliphatic rings. The molecule has 3 amide bonds. The number of rotatable bonds is 9. The fourth-order valence-electron chi connectivity index (χ4n) is 5.05. The van der Waals surface area contributed by atoms with E-state index >= 15 is 0 Å². The summed E-state index contributed by atoms with van der Waals surface area (Å²) in [5.74, 6) is -4.69. The number of primary amides is 1. The van der Waals surface area contributed by atoms with Crippen LogP contribution in [0.2, 0.25) is 0 Å². The summed E-state index contributed by atoms with van der Waals surface area (Å²) in [6.07, 6.45) is -7.22. The van der Waals surface area contributed by atoms with Crippen LogP contribution in [-0.4, -0.2) is 48.9 Å². The molecule has 0 fully saturated rings. The Morgan fingerprint density at radius 2 is 1.87 bits per heavy atom. The molecule has 0 saturated heterocycles. The van der Waals surface area contributed by atoms with Gasteiger partial charge in [-0.15, -0.1) is 0 Å². The molecule has 0 radical (unpaired) electrons. The van der Waals surface area contributed by atoms with Crippen LogP contribution in [0.4, 0.5) is 24.5 Å². The highest BCUT2D eigenvalue weighted by Crippen LogP contribution is 2.37. The van der Waals surface area contributed by atoms with E-state index in [2.05, 4.69) is 15.6 Å². The summed E-state index contributed by atoms with van der Waals surface area (Å²) in [5.41, 5.74) is 8.70. The van der Waals surface area contributed by atoms with Crippen molar-refractivity contribution in [3.8, 4) is 0 Å². The van der Waals surface area contributed by atoms with Crippen molar-refractivity contribution in [1.29, 1.82) is 0 Å². The first-order chi connectivity index (χ1) is 18.1. The van der Waals surface area contributed by atoms with Crippen LogP contribution < -0.4 is 21.3 Å². The maximum Gasteiger partial charge on any atom is 0.389 e. The number of alkyl halides is 3. The summed E-state index contributed by atoms with van der Waals surface area (Å²) in [6, 6.07) is 14.6. The van der Waals surface area contributed by atoms with Crippen LogP contribution in [0.15, 0.2) is 53.5 Å². The number of carbonyl (C=O) groups is 3. The maximum absolute atomic E-state index is 13.7. The fourth-order valence-corrected chi connectivity index (χ4v) is 5.05. The van der Waals surface area contributed by atoms with Crippen LogP contribution in [0.3, 0.4) is 0 Å². The summed E-state index contributed by atoms with van der Waals surface area (Å²) in [5, 5.41) is 5.84. The van der Waals surface area contributed by atoms with Gasteiger partial charge in [0.15, 0.2) is 0 Å². The molecule has 0 spiro atoms. The number of carbonyl (C=O) groups excluding carboxylic acids is 3. The van der Waals surface area contributed by atoms with Gasteiger partial charge in [-0.1, -0.05) is 55.8 Å². The predicted molar refractivity (Wildman–Crippen MR) is 138 cm³/mol. The van der Waals surface area contributed by atoms with E-state index in [1.165, 1.54) is 4.90 Å². The van der Waals surface area contributed by atoms with Gasteiger partial charge in [-0.05, 0) is 18.9 Å². The first-order valence-electron chi connectivity index (χ1n) is 12.6. The van der Waals surface area contributed by atoms with E-state index in [0.29, 0.717) is 42.0 Å². The average Bonchev–Trinajstić information content (AvgIpc) is 3.00. The Kier molecular flexibility index (Phi) is 8.03. The van der Waals surface area contributed by atoms with Crippen molar-refractivity contribution in [3.63, 3.8) is 0 Å². The van der Waals surface area contributed by atoms with E-state index < -0.39 is 54.7 Å². The van der Waals surface area contributed by atoms with Gasteiger partial charge in [0.05, 0.1) is 17.1 Å². The molecular weight excluding hydrogens is 499 g/mol. The highest BCUT2D eigenvalue weighted by Gasteiger charge is 2.40. The molecule has 0 saturated carbocycles. The third kappa shape index (κ3) is 5.81. The van der Waals surface area contributed by atoms with Gasteiger partial charge in [-0.25, -0.2) is 4.99 Å². The van der Waals surface area contributed by atoms with Crippen LogP contribution >= 0.6 is 0 Å². The Morgan fingerprint density at radius 1 is 1.13 bits per heavy atom. The van der Waals surface area contributed by atoms with Gasteiger partial charge in [0, 0.05) is 42.5 Å². The molecule has 2 aromatic rings. The lowest BCUT2D eigenvalue weighted by Crippen LogP contribution is -2.52. The Hall–Kier alpha value is -3.89. The molecule has 2 aliphatic heterocycles. The van der Waals surface area contributed by atoms with Crippen molar-refractivity contribution in [1.82, 2.24) is 5.32 Å². The van der Waals surface area contributed by atoms with Gasteiger partial charge in [-0.3, -0.25) is 14.4 Å². The van der Waals surface area contributed by atoms with E-state index in [0.717, 1.165) is 5.69 Å². The van der Waals surface area contributed by atoms with Gasteiger partial charge in [0.2, 0.25) is 18.0 Å².